The quantitative estimate of drug-likeness (QED) is 0.515. The lowest BCUT2D eigenvalue weighted by atomic mass is 9.81. The Morgan fingerprint density at radius 1 is 1.09 bits per heavy atom. The van der Waals surface area contributed by atoms with Crippen molar-refractivity contribution < 1.29 is 22.7 Å². The standard InChI is InChI=1S/C24H23F3N2O2S/c1-2-7-18-21(30)23(29-22(18)28,16-9-4-3-5-10-16)20-13-12-19(32-20)15-8-6-11-17(14-15)31-24(25,26)27/h3-6,8-14,18,22,29H,2,7,28H2,1H3. The lowest BCUT2D eigenvalue weighted by molar-refractivity contribution is -0.274. The third kappa shape index (κ3) is 4.18. The van der Waals surface area contributed by atoms with Gasteiger partial charge in [-0.2, -0.15) is 0 Å². The largest absolute Gasteiger partial charge is 0.573 e. The number of ether oxygens (including phenoxy) is 1. The van der Waals surface area contributed by atoms with Gasteiger partial charge in [0.2, 0.25) is 0 Å². The molecule has 0 spiro atoms. The first-order chi connectivity index (χ1) is 15.2. The normalized spacial score (nSPS) is 23.5. The zero-order valence-corrected chi connectivity index (χ0v) is 18.2. The summed E-state index contributed by atoms with van der Waals surface area (Å²) < 4.78 is 41.9. The molecule has 8 heteroatoms. The van der Waals surface area contributed by atoms with Crippen LogP contribution in [0.15, 0.2) is 66.7 Å². The van der Waals surface area contributed by atoms with Crippen LogP contribution in [-0.2, 0) is 10.3 Å². The molecule has 2 heterocycles. The Kier molecular flexibility index (Phi) is 6.11. The monoisotopic (exact) mass is 460 g/mol. The molecule has 3 N–H and O–H groups in total. The smallest absolute Gasteiger partial charge is 0.406 e. The summed E-state index contributed by atoms with van der Waals surface area (Å²) in [4.78, 5) is 15.2. The number of thiophene rings is 1. The number of nitrogens with two attached hydrogens (primary N) is 1. The fraction of sp³-hybridized carbons (Fsp3) is 0.292. The Hall–Kier alpha value is -2.68. The van der Waals surface area contributed by atoms with Gasteiger partial charge in [-0.3, -0.25) is 10.1 Å². The van der Waals surface area contributed by atoms with E-state index in [0.717, 1.165) is 21.7 Å². The first kappa shape index (κ1) is 22.5. The highest BCUT2D eigenvalue weighted by Gasteiger charge is 2.54. The van der Waals surface area contributed by atoms with E-state index in [1.807, 2.05) is 49.4 Å². The van der Waals surface area contributed by atoms with Crippen molar-refractivity contribution in [2.45, 2.75) is 37.8 Å². The van der Waals surface area contributed by atoms with Gasteiger partial charge in [-0.1, -0.05) is 55.8 Å². The molecule has 4 nitrogen and oxygen atoms in total. The Morgan fingerprint density at radius 3 is 2.53 bits per heavy atom. The van der Waals surface area contributed by atoms with Crippen molar-refractivity contribution in [2.75, 3.05) is 0 Å². The molecule has 0 saturated carbocycles. The topological polar surface area (TPSA) is 64.3 Å². The minimum atomic E-state index is -4.76. The fourth-order valence-electron chi connectivity index (χ4n) is 4.27. The highest BCUT2D eigenvalue weighted by Crippen LogP contribution is 2.44. The number of carbonyl (C=O) groups excluding carboxylic acids is 1. The van der Waals surface area contributed by atoms with Crippen molar-refractivity contribution in [1.29, 1.82) is 0 Å². The summed E-state index contributed by atoms with van der Waals surface area (Å²) in [6.07, 6.45) is -3.74. The van der Waals surface area contributed by atoms with Crippen LogP contribution in [0.2, 0.25) is 0 Å². The van der Waals surface area contributed by atoms with Gasteiger partial charge in [0.1, 0.15) is 11.3 Å². The van der Waals surface area contributed by atoms with Crippen LogP contribution in [-0.4, -0.2) is 18.3 Å². The molecule has 0 radical (unpaired) electrons. The van der Waals surface area contributed by atoms with Gasteiger partial charge in [0.25, 0.3) is 0 Å². The van der Waals surface area contributed by atoms with E-state index in [1.165, 1.54) is 29.5 Å². The van der Waals surface area contributed by atoms with Gasteiger partial charge < -0.3 is 10.5 Å². The maximum atomic E-state index is 13.7. The van der Waals surface area contributed by atoms with E-state index in [1.54, 1.807) is 6.07 Å². The summed E-state index contributed by atoms with van der Waals surface area (Å²) in [5, 5.41) is 3.36. The number of rotatable bonds is 6. The van der Waals surface area contributed by atoms with E-state index >= 15 is 0 Å². The molecule has 0 bridgehead atoms. The van der Waals surface area contributed by atoms with Crippen molar-refractivity contribution in [2.24, 2.45) is 11.7 Å². The molecule has 0 aliphatic carbocycles. The number of hydrogen-bond acceptors (Lipinski definition) is 5. The van der Waals surface area contributed by atoms with E-state index in [0.29, 0.717) is 12.0 Å². The lowest BCUT2D eigenvalue weighted by Gasteiger charge is -2.28. The highest BCUT2D eigenvalue weighted by atomic mass is 32.1. The molecule has 1 fully saturated rings. The molecule has 3 unspecified atom stereocenters. The maximum absolute atomic E-state index is 13.7. The molecular weight excluding hydrogens is 437 g/mol. The predicted molar refractivity (Wildman–Crippen MR) is 118 cm³/mol. The molecule has 4 rings (SSSR count). The van der Waals surface area contributed by atoms with Crippen molar-refractivity contribution in [3.63, 3.8) is 0 Å². The number of ketones is 1. The molecule has 1 saturated heterocycles. The number of carbonyl (C=O) groups is 1. The highest BCUT2D eigenvalue weighted by molar-refractivity contribution is 7.15. The van der Waals surface area contributed by atoms with E-state index < -0.39 is 18.1 Å². The molecule has 3 aromatic rings. The van der Waals surface area contributed by atoms with Crippen LogP contribution in [0.25, 0.3) is 10.4 Å². The van der Waals surface area contributed by atoms with Crippen molar-refractivity contribution in [3.05, 3.63) is 77.2 Å². The van der Waals surface area contributed by atoms with E-state index in [-0.39, 0.29) is 17.5 Å². The summed E-state index contributed by atoms with van der Waals surface area (Å²) in [6, 6.07) is 18.9. The van der Waals surface area contributed by atoms with Crippen LogP contribution < -0.4 is 15.8 Å². The van der Waals surface area contributed by atoms with Crippen LogP contribution in [0.1, 0.15) is 30.2 Å². The summed E-state index contributed by atoms with van der Waals surface area (Å²) in [7, 11) is 0. The summed E-state index contributed by atoms with van der Waals surface area (Å²) >= 11 is 1.35. The van der Waals surface area contributed by atoms with Crippen LogP contribution in [0.4, 0.5) is 13.2 Å². The number of Topliss-reactive ketones (excluding diaryl/α,β-unsaturated/α-hetero) is 1. The Labute approximate surface area is 188 Å². The van der Waals surface area contributed by atoms with Crippen molar-refractivity contribution in [1.82, 2.24) is 5.32 Å². The van der Waals surface area contributed by atoms with Crippen LogP contribution in [0, 0.1) is 5.92 Å². The third-order valence-corrected chi connectivity index (χ3v) is 6.91. The summed E-state index contributed by atoms with van der Waals surface area (Å²) in [6.45, 7) is 2.02. The Balaban J connectivity index is 1.76. The summed E-state index contributed by atoms with van der Waals surface area (Å²) in [5.41, 5.74) is 6.63. The number of halogens is 3. The fourth-order valence-corrected chi connectivity index (χ4v) is 5.46. The molecule has 168 valence electrons. The van der Waals surface area contributed by atoms with E-state index in [9.17, 15) is 18.0 Å². The molecule has 3 atom stereocenters. The van der Waals surface area contributed by atoms with Gasteiger partial charge in [0.15, 0.2) is 5.78 Å². The van der Waals surface area contributed by atoms with Gasteiger partial charge in [-0.25, -0.2) is 0 Å². The van der Waals surface area contributed by atoms with E-state index in [2.05, 4.69) is 10.1 Å². The Morgan fingerprint density at radius 2 is 1.84 bits per heavy atom. The predicted octanol–water partition coefficient (Wildman–Crippen LogP) is 5.43. The van der Waals surface area contributed by atoms with Gasteiger partial charge in [-0.15, -0.1) is 24.5 Å². The Bertz CT molecular complexity index is 1100. The summed E-state index contributed by atoms with van der Waals surface area (Å²) in [5.74, 6) is -0.599. The number of benzene rings is 2. The van der Waals surface area contributed by atoms with Gasteiger partial charge >= 0.3 is 6.36 Å². The van der Waals surface area contributed by atoms with Gasteiger partial charge in [0.05, 0.1) is 6.17 Å². The third-order valence-electron chi connectivity index (χ3n) is 5.66. The average Bonchev–Trinajstić information content (AvgIpc) is 3.34. The molecular formula is C24H23F3N2O2S. The first-order valence-electron chi connectivity index (χ1n) is 10.3. The molecule has 32 heavy (non-hydrogen) atoms. The van der Waals surface area contributed by atoms with Crippen molar-refractivity contribution in [3.8, 4) is 16.2 Å². The molecule has 2 aromatic carbocycles. The molecule has 1 aromatic heterocycles. The molecule has 1 aliphatic rings. The second kappa shape index (κ2) is 8.69. The number of alkyl halides is 3. The number of nitrogens with one attached hydrogen (secondary N) is 1. The second-order valence-electron chi connectivity index (χ2n) is 7.79. The number of hydrogen-bond donors (Lipinski definition) is 2. The van der Waals surface area contributed by atoms with Crippen LogP contribution >= 0.6 is 11.3 Å². The van der Waals surface area contributed by atoms with E-state index in [4.69, 9.17) is 5.73 Å². The van der Waals surface area contributed by atoms with Crippen LogP contribution in [0.3, 0.4) is 0 Å². The minimum Gasteiger partial charge on any atom is -0.406 e. The van der Waals surface area contributed by atoms with Crippen LogP contribution in [0.5, 0.6) is 5.75 Å². The van der Waals surface area contributed by atoms with Gasteiger partial charge in [-0.05, 0) is 41.8 Å². The maximum Gasteiger partial charge on any atom is 0.573 e. The molecule has 1 aliphatic heterocycles. The SMILES string of the molecule is CCCC1C(=O)C(c2ccccc2)(c2ccc(-c3cccc(OC(F)(F)F)c3)s2)NC1N. The zero-order chi connectivity index (χ0) is 22.9. The average molecular weight is 461 g/mol. The molecule has 0 amide bonds. The first-order valence-corrected chi connectivity index (χ1v) is 11.2. The lowest BCUT2D eigenvalue weighted by Crippen LogP contribution is -2.47. The second-order valence-corrected chi connectivity index (χ2v) is 8.87. The minimum absolute atomic E-state index is 0.0144. The van der Waals surface area contributed by atoms with Crippen molar-refractivity contribution >= 4 is 17.1 Å². The van der Waals surface area contributed by atoms with Gasteiger partial charge in [0, 0.05) is 15.7 Å². The zero-order valence-electron chi connectivity index (χ0n) is 17.4.